The fraction of sp³-hybridized carbons (Fsp3) is 0.450. The molecule has 0 bridgehead atoms. The topological polar surface area (TPSA) is 71.8 Å². The van der Waals surface area contributed by atoms with Crippen molar-refractivity contribution in [2.24, 2.45) is 10.9 Å². The number of esters is 1. The highest BCUT2D eigenvalue weighted by molar-refractivity contribution is 5.80. The molecule has 1 N–H and O–H groups in total. The normalized spacial score (nSPS) is 15.6. The number of nitrogens with zero attached hydrogens (tertiary/aromatic N) is 4. The summed E-state index contributed by atoms with van der Waals surface area (Å²) in [4.78, 5) is 18.4. The van der Waals surface area contributed by atoms with Gasteiger partial charge in [-0.25, -0.2) is 4.68 Å². The summed E-state index contributed by atoms with van der Waals surface area (Å²) in [6.07, 6.45) is 3.55. The summed E-state index contributed by atoms with van der Waals surface area (Å²) >= 11 is 0. The Bertz CT molecular complexity index is 764. The van der Waals surface area contributed by atoms with Crippen LogP contribution in [-0.2, 0) is 16.1 Å². The molecule has 2 aromatic rings. The predicted octanol–water partition coefficient (Wildman–Crippen LogP) is 2.22. The summed E-state index contributed by atoms with van der Waals surface area (Å²) in [7, 11) is 1.78. The molecule has 1 saturated heterocycles. The summed E-state index contributed by atoms with van der Waals surface area (Å²) in [5.74, 6) is 0.763. The van der Waals surface area contributed by atoms with Crippen molar-refractivity contribution in [2.75, 3.05) is 26.7 Å². The zero-order valence-corrected chi connectivity index (χ0v) is 16.0. The highest BCUT2D eigenvalue weighted by atomic mass is 16.5. The minimum atomic E-state index is -0.0773. The SMILES string of the molecule is CCOC(=O)C1CCN(C(=NC)NCc2ccn(-c3ccccc3)n2)CC1. The maximum atomic E-state index is 11.9. The molecular weight excluding hydrogens is 342 g/mol. The number of aromatic nitrogens is 2. The average molecular weight is 369 g/mol. The molecule has 0 aliphatic carbocycles. The number of nitrogens with one attached hydrogen (secondary N) is 1. The van der Waals surface area contributed by atoms with E-state index in [4.69, 9.17) is 4.74 Å². The van der Waals surface area contributed by atoms with Gasteiger partial charge in [0.15, 0.2) is 5.96 Å². The minimum Gasteiger partial charge on any atom is -0.466 e. The van der Waals surface area contributed by atoms with Crippen LogP contribution >= 0.6 is 0 Å². The van der Waals surface area contributed by atoms with Crippen molar-refractivity contribution in [1.82, 2.24) is 20.0 Å². The van der Waals surface area contributed by atoms with Crippen LogP contribution in [0.25, 0.3) is 5.69 Å². The molecule has 1 aliphatic rings. The maximum absolute atomic E-state index is 11.9. The second-order valence-corrected chi connectivity index (χ2v) is 6.50. The molecule has 0 atom stereocenters. The largest absolute Gasteiger partial charge is 0.466 e. The Morgan fingerprint density at radius 3 is 2.67 bits per heavy atom. The number of para-hydroxylation sites is 1. The van der Waals surface area contributed by atoms with E-state index in [-0.39, 0.29) is 11.9 Å². The first kappa shape index (κ1) is 18.9. The van der Waals surface area contributed by atoms with Crippen molar-refractivity contribution in [1.29, 1.82) is 0 Å². The summed E-state index contributed by atoms with van der Waals surface area (Å²) in [5.41, 5.74) is 1.98. The lowest BCUT2D eigenvalue weighted by atomic mass is 9.97. The Morgan fingerprint density at radius 1 is 1.26 bits per heavy atom. The first-order valence-electron chi connectivity index (χ1n) is 9.43. The molecule has 1 aliphatic heterocycles. The Labute approximate surface area is 160 Å². The number of ether oxygens (including phenoxy) is 1. The Hall–Kier alpha value is -2.83. The van der Waals surface area contributed by atoms with Crippen molar-refractivity contribution in [3.05, 3.63) is 48.3 Å². The summed E-state index contributed by atoms with van der Waals surface area (Å²) in [6.45, 7) is 4.48. The smallest absolute Gasteiger partial charge is 0.309 e. The second-order valence-electron chi connectivity index (χ2n) is 6.50. The Balaban J connectivity index is 1.52. The van der Waals surface area contributed by atoms with E-state index >= 15 is 0 Å². The van der Waals surface area contributed by atoms with Crippen LogP contribution in [0.4, 0.5) is 0 Å². The average Bonchev–Trinajstić information content (AvgIpc) is 3.19. The van der Waals surface area contributed by atoms with Gasteiger partial charge in [0.2, 0.25) is 0 Å². The van der Waals surface area contributed by atoms with Gasteiger partial charge in [0.25, 0.3) is 0 Å². The molecule has 0 radical (unpaired) electrons. The molecule has 3 rings (SSSR count). The number of rotatable bonds is 5. The van der Waals surface area contributed by atoms with Gasteiger partial charge in [-0.15, -0.1) is 0 Å². The van der Waals surface area contributed by atoms with Crippen LogP contribution in [0, 0.1) is 5.92 Å². The number of aliphatic imine (C=N–C) groups is 1. The van der Waals surface area contributed by atoms with E-state index in [1.165, 1.54) is 0 Å². The van der Waals surface area contributed by atoms with Crippen LogP contribution in [0.2, 0.25) is 0 Å². The number of guanidine groups is 1. The molecule has 1 aromatic heterocycles. The van der Waals surface area contributed by atoms with Crippen molar-refractivity contribution in [3.63, 3.8) is 0 Å². The van der Waals surface area contributed by atoms with Crippen LogP contribution in [0.15, 0.2) is 47.6 Å². The first-order valence-corrected chi connectivity index (χ1v) is 9.43. The number of piperidine rings is 1. The quantitative estimate of drug-likeness (QED) is 0.497. The molecule has 1 aromatic carbocycles. The van der Waals surface area contributed by atoms with Gasteiger partial charge in [0.1, 0.15) is 0 Å². The van der Waals surface area contributed by atoms with E-state index < -0.39 is 0 Å². The summed E-state index contributed by atoms with van der Waals surface area (Å²) < 4.78 is 7.00. The first-order chi connectivity index (χ1) is 13.2. The van der Waals surface area contributed by atoms with Crippen LogP contribution in [0.1, 0.15) is 25.5 Å². The summed E-state index contributed by atoms with van der Waals surface area (Å²) in [5, 5.41) is 7.98. The minimum absolute atomic E-state index is 0.000812. The standard InChI is InChI=1S/C20H27N5O2/c1-3-27-19(26)16-9-12-24(13-10-16)20(21-2)22-15-17-11-14-25(23-17)18-7-5-4-6-8-18/h4-8,11,14,16H,3,9-10,12-13,15H2,1-2H3,(H,21,22). The molecule has 2 heterocycles. The predicted molar refractivity (Wildman–Crippen MR) is 105 cm³/mol. The van der Waals surface area contributed by atoms with E-state index in [0.29, 0.717) is 13.2 Å². The zero-order valence-electron chi connectivity index (χ0n) is 16.0. The number of hydrogen-bond donors (Lipinski definition) is 1. The molecule has 7 heteroatoms. The molecule has 0 amide bonds. The second kappa shape index (κ2) is 9.21. The van der Waals surface area contributed by atoms with Gasteiger partial charge in [-0.1, -0.05) is 18.2 Å². The van der Waals surface area contributed by atoms with Gasteiger partial charge >= 0.3 is 5.97 Å². The van der Waals surface area contributed by atoms with Crippen LogP contribution in [0.5, 0.6) is 0 Å². The number of benzene rings is 1. The highest BCUT2D eigenvalue weighted by Crippen LogP contribution is 2.18. The van der Waals surface area contributed by atoms with E-state index in [9.17, 15) is 4.79 Å². The summed E-state index contributed by atoms with van der Waals surface area (Å²) in [6, 6.07) is 12.0. The Kier molecular flexibility index (Phi) is 6.46. The van der Waals surface area contributed by atoms with Crippen molar-refractivity contribution in [2.45, 2.75) is 26.3 Å². The lowest BCUT2D eigenvalue weighted by Gasteiger charge is -2.33. The van der Waals surface area contributed by atoms with E-state index in [0.717, 1.165) is 43.3 Å². The van der Waals surface area contributed by atoms with Crippen LogP contribution in [0.3, 0.4) is 0 Å². The van der Waals surface area contributed by atoms with Gasteiger partial charge in [-0.3, -0.25) is 9.79 Å². The molecule has 0 saturated carbocycles. The van der Waals surface area contributed by atoms with Gasteiger partial charge in [0.05, 0.1) is 30.5 Å². The van der Waals surface area contributed by atoms with Crippen molar-refractivity contribution in [3.8, 4) is 5.69 Å². The zero-order chi connectivity index (χ0) is 19.1. The van der Waals surface area contributed by atoms with Crippen molar-refractivity contribution >= 4 is 11.9 Å². The molecule has 1 fully saturated rings. The number of hydrogen-bond acceptors (Lipinski definition) is 4. The Morgan fingerprint density at radius 2 is 2.00 bits per heavy atom. The molecule has 7 nitrogen and oxygen atoms in total. The lowest BCUT2D eigenvalue weighted by molar-refractivity contribution is -0.149. The van der Waals surface area contributed by atoms with Gasteiger partial charge < -0.3 is 15.0 Å². The van der Waals surface area contributed by atoms with Crippen molar-refractivity contribution < 1.29 is 9.53 Å². The van der Waals surface area contributed by atoms with E-state index in [1.54, 1.807) is 7.05 Å². The molecule has 27 heavy (non-hydrogen) atoms. The van der Waals surface area contributed by atoms with E-state index in [1.807, 2.05) is 54.2 Å². The van der Waals surface area contributed by atoms with Gasteiger partial charge in [-0.05, 0) is 38.0 Å². The number of carbonyl (C=O) groups is 1. The fourth-order valence-corrected chi connectivity index (χ4v) is 3.27. The molecule has 0 spiro atoms. The fourth-order valence-electron chi connectivity index (χ4n) is 3.27. The van der Waals surface area contributed by atoms with E-state index in [2.05, 4.69) is 20.3 Å². The van der Waals surface area contributed by atoms with Gasteiger partial charge in [-0.2, -0.15) is 5.10 Å². The lowest BCUT2D eigenvalue weighted by Crippen LogP contribution is -2.46. The number of carbonyl (C=O) groups excluding carboxylic acids is 1. The molecular formula is C20H27N5O2. The van der Waals surface area contributed by atoms with Gasteiger partial charge in [0, 0.05) is 26.3 Å². The highest BCUT2D eigenvalue weighted by Gasteiger charge is 2.27. The maximum Gasteiger partial charge on any atom is 0.309 e. The van der Waals surface area contributed by atoms with Crippen LogP contribution < -0.4 is 5.32 Å². The monoisotopic (exact) mass is 369 g/mol. The molecule has 144 valence electrons. The molecule has 0 unspecified atom stereocenters. The van der Waals surface area contributed by atoms with Crippen LogP contribution in [-0.4, -0.2) is 53.4 Å². The third-order valence-corrected chi connectivity index (χ3v) is 4.72. The number of likely N-dealkylation sites (tertiary alicyclic amines) is 1. The third kappa shape index (κ3) is 4.87. The third-order valence-electron chi connectivity index (χ3n) is 4.72.